The first-order valence-corrected chi connectivity index (χ1v) is 6.25. The number of thioether (sulfide) groups is 1. The molecule has 1 unspecified atom stereocenters. The van der Waals surface area contributed by atoms with E-state index >= 15 is 0 Å². The third kappa shape index (κ3) is 8.38. The summed E-state index contributed by atoms with van der Waals surface area (Å²) in [6.45, 7) is 2.18. The molecule has 0 rings (SSSR count). The van der Waals surface area contributed by atoms with Gasteiger partial charge in [-0.3, -0.25) is 0 Å². The Morgan fingerprint density at radius 3 is 2.36 bits per heavy atom. The quantitative estimate of drug-likeness (QED) is 0.463. The molecular weight excluding hydrogens is 200 g/mol. The highest BCUT2D eigenvalue weighted by Crippen LogP contribution is 2.13. The van der Waals surface area contributed by atoms with Gasteiger partial charge in [0.05, 0.1) is 0 Å². The molecular formula is C10H20O3S. The molecule has 3 nitrogen and oxygen atoms in total. The van der Waals surface area contributed by atoms with Gasteiger partial charge < -0.3 is 10.2 Å². The summed E-state index contributed by atoms with van der Waals surface area (Å²) in [5.74, 6) is -0.402. The minimum absolute atomic E-state index is 0.736. The molecule has 0 fully saturated rings. The lowest BCUT2D eigenvalue weighted by Gasteiger charge is -2.04. The predicted molar refractivity (Wildman–Crippen MR) is 59.5 cm³/mol. The summed E-state index contributed by atoms with van der Waals surface area (Å²) < 4.78 is 0. The Labute approximate surface area is 89.9 Å². The van der Waals surface area contributed by atoms with E-state index in [1.54, 1.807) is 0 Å². The van der Waals surface area contributed by atoms with Crippen LogP contribution in [0.3, 0.4) is 0 Å². The van der Waals surface area contributed by atoms with Crippen LogP contribution in [0.15, 0.2) is 0 Å². The van der Waals surface area contributed by atoms with E-state index < -0.39 is 11.4 Å². The van der Waals surface area contributed by atoms with E-state index in [-0.39, 0.29) is 0 Å². The van der Waals surface area contributed by atoms with Crippen molar-refractivity contribution in [3.8, 4) is 0 Å². The topological polar surface area (TPSA) is 57.5 Å². The first kappa shape index (κ1) is 13.8. The number of carboxylic acid groups (broad SMARTS) is 1. The molecule has 0 aliphatic heterocycles. The summed E-state index contributed by atoms with van der Waals surface area (Å²) in [6.07, 6.45) is 7.15. The summed E-state index contributed by atoms with van der Waals surface area (Å²) in [5, 5.41) is 17.3. The van der Waals surface area contributed by atoms with Gasteiger partial charge in [0.25, 0.3) is 0 Å². The molecule has 0 aromatic carbocycles. The summed E-state index contributed by atoms with van der Waals surface area (Å²) in [7, 11) is 0. The highest BCUT2D eigenvalue weighted by atomic mass is 32.2. The third-order valence-corrected chi connectivity index (χ3v) is 3.03. The number of unbranched alkanes of at least 4 members (excludes halogenated alkanes) is 5. The van der Waals surface area contributed by atoms with Crippen molar-refractivity contribution in [2.75, 3.05) is 5.75 Å². The zero-order valence-corrected chi connectivity index (χ0v) is 9.55. The van der Waals surface area contributed by atoms with E-state index in [1.807, 2.05) is 0 Å². The second kappa shape index (κ2) is 9.34. The van der Waals surface area contributed by atoms with Crippen LogP contribution in [-0.4, -0.2) is 27.4 Å². The highest BCUT2D eigenvalue weighted by molar-refractivity contribution is 8.00. The Kier molecular flexibility index (Phi) is 9.19. The maximum absolute atomic E-state index is 10.2. The molecule has 0 saturated carbocycles. The maximum atomic E-state index is 10.2. The van der Waals surface area contributed by atoms with Crippen molar-refractivity contribution in [2.24, 2.45) is 0 Å². The number of rotatable bonds is 9. The van der Waals surface area contributed by atoms with Gasteiger partial charge in [-0.25, -0.2) is 4.79 Å². The van der Waals surface area contributed by atoms with Crippen molar-refractivity contribution in [2.45, 2.75) is 50.9 Å². The van der Waals surface area contributed by atoms with Crippen LogP contribution >= 0.6 is 11.8 Å². The number of carbonyl (C=O) groups is 1. The van der Waals surface area contributed by atoms with Crippen molar-refractivity contribution >= 4 is 17.7 Å². The van der Waals surface area contributed by atoms with Crippen LogP contribution in [0, 0.1) is 0 Å². The molecule has 0 saturated heterocycles. The highest BCUT2D eigenvalue weighted by Gasteiger charge is 2.11. The average molecular weight is 220 g/mol. The van der Waals surface area contributed by atoms with Crippen LogP contribution in [0.4, 0.5) is 0 Å². The minimum atomic E-state index is -1.24. The van der Waals surface area contributed by atoms with Gasteiger partial charge in [0.2, 0.25) is 0 Å². The molecule has 0 aromatic heterocycles. The molecule has 0 bridgehead atoms. The van der Waals surface area contributed by atoms with Gasteiger partial charge in [0.1, 0.15) is 0 Å². The standard InChI is InChI=1S/C10H20O3S/c1-2-3-4-5-6-7-8-14-10(13)9(11)12/h10,13H,2-8H2,1H3,(H,11,12). The Morgan fingerprint density at radius 2 is 1.79 bits per heavy atom. The van der Waals surface area contributed by atoms with E-state index in [1.165, 1.54) is 25.7 Å². The summed E-state index contributed by atoms with van der Waals surface area (Å²) in [6, 6.07) is 0. The molecule has 0 aliphatic rings. The number of aliphatic carboxylic acids is 1. The second-order valence-electron chi connectivity index (χ2n) is 3.33. The molecule has 0 aliphatic carbocycles. The molecule has 1 atom stereocenters. The van der Waals surface area contributed by atoms with Crippen molar-refractivity contribution in [1.82, 2.24) is 0 Å². The van der Waals surface area contributed by atoms with E-state index in [0.29, 0.717) is 0 Å². The van der Waals surface area contributed by atoms with E-state index in [9.17, 15) is 4.79 Å². The summed E-state index contributed by atoms with van der Waals surface area (Å²) in [5.41, 5.74) is -1.24. The molecule has 0 spiro atoms. The number of aliphatic hydroxyl groups excluding tert-OH is 1. The first-order chi connectivity index (χ1) is 6.68. The van der Waals surface area contributed by atoms with Gasteiger partial charge in [-0.05, 0) is 12.2 Å². The minimum Gasteiger partial charge on any atom is -0.479 e. The van der Waals surface area contributed by atoms with Gasteiger partial charge in [-0.1, -0.05) is 39.0 Å². The summed E-state index contributed by atoms with van der Waals surface area (Å²) in [4.78, 5) is 10.2. The maximum Gasteiger partial charge on any atom is 0.343 e. The number of carboxylic acids is 1. The van der Waals surface area contributed by atoms with Crippen molar-refractivity contribution < 1.29 is 15.0 Å². The van der Waals surface area contributed by atoms with Crippen LogP contribution in [0.5, 0.6) is 0 Å². The van der Waals surface area contributed by atoms with Crippen LogP contribution in [-0.2, 0) is 4.79 Å². The van der Waals surface area contributed by atoms with Crippen molar-refractivity contribution in [3.63, 3.8) is 0 Å². The monoisotopic (exact) mass is 220 g/mol. The SMILES string of the molecule is CCCCCCCCSC(O)C(=O)O. The van der Waals surface area contributed by atoms with E-state index in [0.717, 1.165) is 30.4 Å². The van der Waals surface area contributed by atoms with Crippen LogP contribution < -0.4 is 0 Å². The van der Waals surface area contributed by atoms with Gasteiger partial charge in [0.15, 0.2) is 5.44 Å². The van der Waals surface area contributed by atoms with Crippen LogP contribution in [0.1, 0.15) is 45.4 Å². The lowest BCUT2D eigenvalue weighted by atomic mass is 10.1. The molecule has 0 heterocycles. The van der Waals surface area contributed by atoms with E-state index in [2.05, 4.69) is 6.92 Å². The zero-order chi connectivity index (χ0) is 10.8. The second-order valence-corrected chi connectivity index (χ2v) is 4.52. The Balaban J connectivity index is 3.09. The average Bonchev–Trinajstić information content (AvgIpc) is 2.16. The fraction of sp³-hybridized carbons (Fsp3) is 0.900. The third-order valence-electron chi connectivity index (χ3n) is 1.98. The normalized spacial score (nSPS) is 12.7. The van der Waals surface area contributed by atoms with Crippen LogP contribution in [0.25, 0.3) is 0 Å². The molecule has 14 heavy (non-hydrogen) atoms. The lowest BCUT2D eigenvalue weighted by Crippen LogP contribution is -2.15. The van der Waals surface area contributed by atoms with Gasteiger partial charge in [0, 0.05) is 0 Å². The molecule has 84 valence electrons. The predicted octanol–water partition coefficient (Wildman–Crippen LogP) is 2.48. The van der Waals surface area contributed by atoms with Gasteiger partial charge >= 0.3 is 5.97 Å². The molecule has 0 aromatic rings. The lowest BCUT2D eigenvalue weighted by molar-refractivity contribution is -0.141. The van der Waals surface area contributed by atoms with Crippen molar-refractivity contribution in [1.29, 1.82) is 0 Å². The number of hydrogen-bond donors (Lipinski definition) is 2. The first-order valence-electron chi connectivity index (χ1n) is 5.21. The fourth-order valence-electron chi connectivity index (χ4n) is 1.15. The van der Waals surface area contributed by atoms with E-state index in [4.69, 9.17) is 10.2 Å². The Morgan fingerprint density at radius 1 is 1.21 bits per heavy atom. The van der Waals surface area contributed by atoms with Gasteiger partial charge in [-0.2, -0.15) is 0 Å². The largest absolute Gasteiger partial charge is 0.479 e. The van der Waals surface area contributed by atoms with Gasteiger partial charge in [-0.15, -0.1) is 11.8 Å². The van der Waals surface area contributed by atoms with Crippen LogP contribution in [0.2, 0.25) is 0 Å². The smallest absolute Gasteiger partial charge is 0.343 e. The van der Waals surface area contributed by atoms with Crippen molar-refractivity contribution in [3.05, 3.63) is 0 Å². The number of aliphatic hydroxyl groups is 1. The molecule has 4 heteroatoms. The molecule has 0 radical (unpaired) electrons. The Bertz CT molecular complexity index is 150. The number of hydrogen-bond acceptors (Lipinski definition) is 3. The zero-order valence-electron chi connectivity index (χ0n) is 8.74. The molecule has 2 N–H and O–H groups in total. The fourth-order valence-corrected chi connectivity index (χ4v) is 1.89. The summed E-state index contributed by atoms with van der Waals surface area (Å²) >= 11 is 1.10. The molecule has 0 amide bonds. The Hall–Kier alpha value is -0.220.